The van der Waals surface area contributed by atoms with Gasteiger partial charge in [0, 0.05) is 18.4 Å². The number of halogens is 1. The van der Waals surface area contributed by atoms with Gasteiger partial charge in [0.25, 0.3) is 0 Å². The van der Waals surface area contributed by atoms with E-state index in [1.165, 1.54) is 25.0 Å². The molecule has 1 atom stereocenters. The summed E-state index contributed by atoms with van der Waals surface area (Å²) in [5.41, 5.74) is 4.59. The molecule has 4 heteroatoms. The van der Waals surface area contributed by atoms with E-state index in [1.54, 1.807) is 6.07 Å². The second-order valence-electron chi connectivity index (χ2n) is 8.44. The number of phenolic OH excluding ortho intramolecular Hbond substituents is 1. The van der Waals surface area contributed by atoms with E-state index in [-0.39, 0.29) is 5.75 Å². The molecule has 0 aliphatic carbocycles. The quantitative estimate of drug-likeness (QED) is 0.286. The molecule has 174 valence electrons. The van der Waals surface area contributed by atoms with E-state index in [0.29, 0.717) is 6.10 Å². The van der Waals surface area contributed by atoms with E-state index >= 15 is 0 Å². The number of aromatic hydroxyl groups is 1. The van der Waals surface area contributed by atoms with Crippen LogP contribution in [0.25, 0.3) is 28.5 Å². The molecule has 1 aromatic heterocycles. The molecule has 3 aromatic rings. The fourth-order valence-electron chi connectivity index (χ4n) is 3.66. The summed E-state index contributed by atoms with van der Waals surface area (Å²) in [6, 6.07) is 16.3. The highest BCUT2D eigenvalue weighted by molar-refractivity contribution is 5.69. The second kappa shape index (κ2) is 12.9. The lowest BCUT2D eigenvalue weighted by atomic mass is 10.0. The monoisotopic (exact) mass is 447 g/mol. The third-order valence-corrected chi connectivity index (χ3v) is 5.69. The minimum Gasteiger partial charge on any atom is -0.505 e. The molecule has 0 saturated heterocycles. The van der Waals surface area contributed by atoms with Crippen molar-refractivity contribution in [1.29, 1.82) is 0 Å². The Labute approximate surface area is 197 Å². The molecular formula is C29H34FNO2. The van der Waals surface area contributed by atoms with Crippen LogP contribution in [0.5, 0.6) is 5.75 Å². The third-order valence-electron chi connectivity index (χ3n) is 5.69. The van der Waals surface area contributed by atoms with Gasteiger partial charge in [-0.25, -0.2) is 4.39 Å². The Morgan fingerprint density at radius 1 is 0.970 bits per heavy atom. The molecule has 0 spiro atoms. The number of hydrogen-bond donors (Lipinski definition) is 1. The van der Waals surface area contributed by atoms with Crippen LogP contribution in [0.15, 0.2) is 66.9 Å². The van der Waals surface area contributed by atoms with Crippen LogP contribution < -0.4 is 0 Å². The molecule has 2 aromatic carbocycles. The van der Waals surface area contributed by atoms with E-state index in [0.717, 1.165) is 60.2 Å². The Kier molecular flexibility index (Phi) is 9.64. The van der Waals surface area contributed by atoms with Gasteiger partial charge in [0.05, 0.1) is 11.8 Å². The molecule has 1 heterocycles. The maximum absolute atomic E-state index is 13.6. The lowest BCUT2D eigenvalue weighted by molar-refractivity contribution is 0.0566. The largest absolute Gasteiger partial charge is 0.505 e. The summed E-state index contributed by atoms with van der Waals surface area (Å²) in [5.74, 6) is -0.956. The Morgan fingerprint density at radius 3 is 2.42 bits per heavy atom. The number of rotatable bonds is 12. The van der Waals surface area contributed by atoms with Crippen molar-refractivity contribution in [2.75, 3.05) is 6.61 Å². The number of ether oxygens (including phenoxy) is 1. The lowest BCUT2D eigenvalue weighted by Crippen LogP contribution is -2.08. The average molecular weight is 448 g/mol. The standard InChI is InChI=1S/C29H34FNO2/c1-3-4-8-19-33-22(2)9-6-5-7-10-23-11-17-28(31-21-23)25-14-12-24(13-15-25)26-16-18-29(32)27(30)20-26/h7,10-18,20-22,32H,3-6,8-9,19H2,1-2H3/b10-7+. The highest BCUT2D eigenvalue weighted by Gasteiger charge is 2.05. The molecule has 0 amide bonds. The Morgan fingerprint density at radius 2 is 1.73 bits per heavy atom. The zero-order valence-corrected chi connectivity index (χ0v) is 19.6. The maximum atomic E-state index is 13.6. The van der Waals surface area contributed by atoms with E-state index in [1.807, 2.05) is 36.5 Å². The smallest absolute Gasteiger partial charge is 0.165 e. The van der Waals surface area contributed by atoms with Gasteiger partial charge in [-0.2, -0.15) is 0 Å². The van der Waals surface area contributed by atoms with Crippen molar-refractivity contribution in [3.63, 3.8) is 0 Å². The summed E-state index contributed by atoms with van der Waals surface area (Å²) in [6.07, 6.45) is 13.4. The summed E-state index contributed by atoms with van der Waals surface area (Å²) < 4.78 is 19.5. The highest BCUT2D eigenvalue weighted by Crippen LogP contribution is 2.27. The fourth-order valence-corrected chi connectivity index (χ4v) is 3.66. The van der Waals surface area contributed by atoms with Crippen LogP contribution in [0.2, 0.25) is 0 Å². The zero-order valence-electron chi connectivity index (χ0n) is 19.6. The summed E-state index contributed by atoms with van der Waals surface area (Å²) in [6.45, 7) is 5.25. The van der Waals surface area contributed by atoms with Crippen molar-refractivity contribution in [3.05, 3.63) is 78.3 Å². The molecule has 1 N–H and O–H groups in total. The Bertz CT molecular complexity index is 1010. The molecule has 1 unspecified atom stereocenters. The minimum atomic E-state index is -0.618. The molecule has 0 aliphatic heterocycles. The van der Waals surface area contributed by atoms with Gasteiger partial charge >= 0.3 is 0 Å². The van der Waals surface area contributed by atoms with Crippen LogP contribution >= 0.6 is 0 Å². The molecule has 0 fully saturated rings. The topological polar surface area (TPSA) is 42.4 Å². The number of nitrogens with zero attached hydrogens (tertiary/aromatic N) is 1. The number of hydrogen-bond acceptors (Lipinski definition) is 3. The van der Waals surface area contributed by atoms with Crippen LogP contribution in [0.1, 0.15) is 57.9 Å². The van der Waals surface area contributed by atoms with Crippen molar-refractivity contribution in [1.82, 2.24) is 4.98 Å². The Balaban J connectivity index is 1.47. The molecular weight excluding hydrogens is 413 g/mol. The number of phenols is 1. The first-order valence-corrected chi connectivity index (χ1v) is 11.9. The van der Waals surface area contributed by atoms with Crippen molar-refractivity contribution in [3.8, 4) is 28.1 Å². The van der Waals surface area contributed by atoms with Crippen molar-refractivity contribution >= 4 is 6.08 Å². The van der Waals surface area contributed by atoms with Gasteiger partial charge in [0.15, 0.2) is 11.6 Å². The fraction of sp³-hybridized carbons (Fsp3) is 0.345. The second-order valence-corrected chi connectivity index (χ2v) is 8.44. The predicted octanol–water partition coefficient (Wildman–Crippen LogP) is 8.04. The molecule has 0 bridgehead atoms. The Hall–Kier alpha value is -2.98. The van der Waals surface area contributed by atoms with E-state index in [4.69, 9.17) is 4.74 Å². The SMILES string of the molecule is CCCCCOC(C)CCC/C=C/c1ccc(-c2ccc(-c3ccc(O)c(F)c3)cc2)nc1. The van der Waals surface area contributed by atoms with Gasteiger partial charge in [-0.15, -0.1) is 0 Å². The predicted molar refractivity (Wildman–Crippen MR) is 135 cm³/mol. The molecule has 0 aliphatic rings. The maximum Gasteiger partial charge on any atom is 0.165 e. The number of allylic oxidation sites excluding steroid dienone is 1. The van der Waals surface area contributed by atoms with Gasteiger partial charge in [0.1, 0.15) is 0 Å². The van der Waals surface area contributed by atoms with Gasteiger partial charge in [-0.05, 0) is 67.5 Å². The molecule has 0 radical (unpaired) electrons. The first-order valence-electron chi connectivity index (χ1n) is 11.9. The lowest BCUT2D eigenvalue weighted by Gasteiger charge is -2.11. The summed E-state index contributed by atoms with van der Waals surface area (Å²) in [7, 11) is 0. The van der Waals surface area contributed by atoms with Gasteiger partial charge < -0.3 is 9.84 Å². The molecule has 3 rings (SSSR count). The normalized spacial score (nSPS) is 12.3. The first kappa shape index (κ1) is 24.7. The minimum absolute atomic E-state index is 0.329. The highest BCUT2D eigenvalue weighted by atomic mass is 19.1. The van der Waals surface area contributed by atoms with Gasteiger partial charge in [-0.1, -0.05) is 68.3 Å². The number of unbranched alkanes of at least 4 members (excludes halogenated alkanes) is 3. The van der Waals surface area contributed by atoms with Crippen LogP contribution in [-0.2, 0) is 4.74 Å². The number of aromatic nitrogens is 1. The third kappa shape index (κ3) is 7.83. The number of pyridine rings is 1. The van der Waals surface area contributed by atoms with Gasteiger partial charge in [-0.3, -0.25) is 4.98 Å². The summed E-state index contributed by atoms with van der Waals surface area (Å²) in [5, 5.41) is 9.36. The van der Waals surface area contributed by atoms with Crippen LogP contribution in [-0.4, -0.2) is 22.8 Å². The zero-order chi connectivity index (χ0) is 23.5. The summed E-state index contributed by atoms with van der Waals surface area (Å²) >= 11 is 0. The van der Waals surface area contributed by atoms with Crippen LogP contribution in [0.4, 0.5) is 4.39 Å². The van der Waals surface area contributed by atoms with Crippen molar-refractivity contribution in [2.45, 2.75) is 58.5 Å². The van der Waals surface area contributed by atoms with E-state index in [2.05, 4.69) is 37.0 Å². The van der Waals surface area contributed by atoms with Crippen LogP contribution in [0.3, 0.4) is 0 Å². The molecule has 3 nitrogen and oxygen atoms in total. The van der Waals surface area contributed by atoms with Crippen molar-refractivity contribution in [2.24, 2.45) is 0 Å². The molecule has 0 saturated carbocycles. The first-order chi connectivity index (χ1) is 16.1. The van der Waals surface area contributed by atoms with E-state index in [9.17, 15) is 9.50 Å². The molecule has 33 heavy (non-hydrogen) atoms. The average Bonchev–Trinajstić information content (AvgIpc) is 2.84. The number of benzene rings is 2. The van der Waals surface area contributed by atoms with Gasteiger partial charge in [0.2, 0.25) is 0 Å². The van der Waals surface area contributed by atoms with Crippen LogP contribution in [0, 0.1) is 5.82 Å². The van der Waals surface area contributed by atoms with Crippen molar-refractivity contribution < 1.29 is 14.2 Å². The summed E-state index contributed by atoms with van der Waals surface area (Å²) in [4.78, 5) is 4.59. The van der Waals surface area contributed by atoms with E-state index < -0.39 is 5.82 Å².